The number of rotatable bonds is 6. The molecule has 0 fully saturated rings. The van der Waals surface area contributed by atoms with Crippen molar-refractivity contribution >= 4 is 29.3 Å². The van der Waals surface area contributed by atoms with E-state index in [1.165, 1.54) is 17.8 Å². The van der Waals surface area contributed by atoms with E-state index >= 15 is 0 Å². The number of aromatic nitrogens is 3. The molecule has 8 nitrogen and oxygen atoms in total. The van der Waals surface area contributed by atoms with Gasteiger partial charge in [-0.05, 0) is 32.9 Å². The van der Waals surface area contributed by atoms with E-state index in [1.807, 2.05) is 19.9 Å². The van der Waals surface area contributed by atoms with Gasteiger partial charge < -0.3 is 13.7 Å². The standard InChI is InChI=1S/C23H18ClN3O5S/c1-12-8-13(2)26-23(25-12)33-11-15-9-18(28)19(10-30-15)31-22(29)20-14(3)32-27-21(20)16-6-4-5-7-17(16)24/h4-10H,11H2,1-3H3. The highest BCUT2D eigenvalue weighted by atomic mass is 35.5. The van der Waals surface area contributed by atoms with Crippen LogP contribution in [0.25, 0.3) is 11.3 Å². The van der Waals surface area contributed by atoms with Crippen molar-refractivity contribution in [1.29, 1.82) is 0 Å². The molecule has 0 amide bonds. The molecule has 0 aliphatic heterocycles. The normalized spacial score (nSPS) is 10.9. The fourth-order valence-electron chi connectivity index (χ4n) is 3.08. The summed E-state index contributed by atoms with van der Waals surface area (Å²) < 4.78 is 16.0. The third-order valence-electron chi connectivity index (χ3n) is 4.56. The third-order valence-corrected chi connectivity index (χ3v) is 5.76. The minimum absolute atomic E-state index is 0.0779. The van der Waals surface area contributed by atoms with Crippen molar-refractivity contribution in [1.82, 2.24) is 15.1 Å². The van der Waals surface area contributed by atoms with Gasteiger partial charge in [0.25, 0.3) is 0 Å². The van der Waals surface area contributed by atoms with Gasteiger partial charge in [-0.15, -0.1) is 0 Å². The quantitative estimate of drug-likeness (QED) is 0.208. The molecule has 0 saturated carbocycles. The van der Waals surface area contributed by atoms with Crippen molar-refractivity contribution in [3.05, 3.63) is 86.4 Å². The van der Waals surface area contributed by atoms with Crippen LogP contribution in [0.1, 0.15) is 33.3 Å². The van der Waals surface area contributed by atoms with Gasteiger partial charge in [-0.25, -0.2) is 14.8 Å². The van der Waals surface area contributed by atoms with E-state index < -0.39 is 11.4 Å². The van der Waals surface area contributed by atoms with E-state index in [4.69, 9.17) is 25.3 Å². The van der Waals surface area contributed by atoms with E-state index in [2.05, 4.69) is 15.1 Å². The lowest BCUT2D eigenvalue weighted by Gasteiger charge is -2.06. The molecule has 1 aromatic carbocycles. The van der Waals surface area contributed by atoms with Crippen LogP contribution in [0.5, 0.6) is 5.75 Å². The number of hydrogen-bond donors (Lipinski definition) is 0. The maximum atomic E-state index is 12.8. The van der Waals surface area contributed by atoms with Gasteiger partial charge in [0.15, 0.2) is 5.16 Å². The Labute approximate surface area is 197 Å². The Kier molecular flexibility index (Phi) is 6.62. The zero-order valence-electron chi connectivity index (χ0n) is 17.9. The number of ether oxygens (including phenoxy) is 1. The van der Waals surface area contributed by atoms with Crippen LogP contribution in [0.3, 0.4) is 0 Å². The van der Waals surface area contributed by atoms with Crippen LogP contribution in [-0.2, 0) is 5.75 Å². The minimum Gasteiger partial charge on any atom is -0.464 e. The summed E-state index contributed by atoms with van der Waals surface area (Å²) in [5.41, 5.74) is 2.03. The van der Waals surface area contributed by atoms with Crippen LogP contribution < -0.4 is 10.2 Å². The van der Waals surface area contributed by atoms with Crippen LogP contribution in [0.15, 0.2) is 61.6 Å². The summed E-state index contributed by atoms with van der Waals surface area (Å²) >= 11 is 7.56. The number of benzene rings is 1. The predicted octanol–water partition coefficient (Wildman–Crippen LogP) is 5.17. The summed E-state index contributed by atoms with van der Waals surface area (Å²) in [4.78, 5) is 34.1. The van der Waals surface area contributed by atoms with Crippen molar-refractivity contribution in [2.24, 2.45) is 0 Å². The lowest BCUT2D eigenvalue weighted by atomic mass is 10.1. The monoisotopic (exact) mass is 483 g/mol. The lowest BCUT2D eigenvalue weighted by molar-refractivity contribution is 0.0727. The Hall–Kier alpha value is -3.43. The smallest absolute Gasteiger partial charge is 0.349 e. The molecule has 0 bridgehead atoms. The number of halogens is 1. The molecule has 0 saturated heterocycles. The average Bonchev–Trinajstić information content (AvgIpc) is 3.15. The number of nitrogens with zero attached hydrogens (tertiary/aromatic N) is 3. The largest absolute Gasteiger partial charge is 0.464 e. The molecule has 0 unspecified atom stereocenters. The first-order valence-electron chi connectivity index (χ1n) is 9.82. The van der Waals surface area contributed by atoms with Gasteiger partial charge in [-0.2, -0.15) is 0 Å². The molecule has 0 aliphatic rings. The molecule has 0 aliphatic carbocycles. The molecule has 33 heavy (non-hydrogen) atoms. The number of carbonyl (C=O) groups is 1. The molecule has 4 rings (SSSR count). The van der Waals surface area contributed by atoms with E-state index in [1.54, 1.807) is 31.2 Å². The molecule has 0 spiro atoms. The first-order valence-corrected chi connectivity index (χ1v) is 11.2. The van der Waals surface area contributed by atoms with Crippen LogP contribution in [0.2, 0.25) is 5.02 Å². The molecule has 0 N–H and O–H groups in total. The molecule has 10 heteroatoms. The SMILES string of the molecule is Cc1cc(C)nc(SCc2cc(=O)c(OC(=O)c3c(-c4ccccc4Cl)noc3C)co2)n1. The van der Waals surface area contributed by atoms with Gasteiger partial charge in [0, 0.05) is 23.0 Å². The van der Waals surface area contributed by atoms with Crippen LogP contribution >= 0.6 is 23.4 Å². The summed E-state index contributed by atoms with van der Waals surface area (Å²) in [5.74, 6) is -0.0802. The predicted molar refractivity (Wildman–Crippen MR) is 123 cm³/mol. The zero-order valence-corrected chi connectivity index (χ0v) is 19.5. The number of hydrogen-bond acceptors (Lipinski definition) is 9. The summed E-state index contributed by atoms with van der Waals surface area (Å²) in [6.07, 6.45) is 1.11. The Balaban J connectivity index is 1.51. The van der Waals surface area contributed by atoms with Crippen molar-refractivity contribution in [3.8, 4) is 17.0 Å². The van der Waals surface area contributed by atoms with E-state index in [-0.39, 0.29) is 22.8 Å². The molecule has 3 aromatic heterocycles. The van der Waals surface area contributed by atoms with Gasteiger partial charge in [0.05, 0.1) is 10.8 Å². The minimum atomic E-state index is -0.804. The zero-order chi connectivity index (χ0) is 23.5. The van der Waals surface area contributed by atoms with E-state index in [0.29, 0.717) is 27.3 Å². The highest BCUT2D eigenvalue weighted by Crippen LogP contribution is 2.31. The van der Waals surface area contributed by atoms with E-state index in [9.17, 15) is 9.59 Å². The lowest BCUT2D eigenvalue weighted by Crippen LogP contribution is -2.16. The first kappa shape index (κ1) is 22.8. The van der Waals surface area contributed by atoms with Gasteiger partial charge in [0.1, 0.15) is 29.0 Å². The van der Waals surface area contributed by atoms with Crippen molar-refractivity contribution in [2.45, 2.75) is 31.7 Å². The van der Waals surface area contributed by atoms with Crippen molar-refractivity contribution < 1.29 is 18.5 Å². The fraction of sp³-hybridized carbons (Fsp3) is 0.174. The summed E-state index contributed by atoms with van der Waals surface area (Å²) in [6, 6.07) is 10.0. The van der Waals surface area contributed by atoms with Gasteiger partial charge >= 0.3 is 5.97 Å². The number of aryl methyl sites for hydroxylation is 3. The highest BCUT2D eigenvalue weighted by Gasteiger charge is 2.25. The molecular formula is C23H18ClN3O5S. The Morgan fingerprint density at radius 1 is 1.12 bits per heavy atom. The van der Waals surface area contributed by atoms with Gasteiger partial charge in [-0.3, -0.25) is 4.79 Å². The summed E-state index contributed by atoms with van der Waals surface area (Å²) in [7, 11) is 0. The Bertz CT molecular complexity index is 1380. The van der Waals surface area contributed by atoms with Crippen LogP contribution in [0.4, 0.5) is 0 Å². The average molecular weight is 484 g/mol. The van der Waals surface area contributed by atoms with Crippen molar-refractivity contribution in [3.63, 3.8) is 0 Å². The molecule has 0 radical (unpaired) electrons. The highest BCUT2D eigenvalue weighted by molar-refractivity contribution is 7.98. The topological polar surface area (TPSA) is 108 Å². The Morgan fingerprint density at radius 2 is 1.85 bits per heavy atom. The second kappa shape index (κ2) is 9.60. The van der Waals surface area contributed by atoms with E-state index in [0.717, 1.165) is 17.7 Å². The maximum Gasteiger partial charge on any atom is 0.349 e. The van der Waals surface area contributed by atoms with Crippen LogP contribution in [0, 0.1) is 20.8 Å². The van der Waals surface area contributed by atoms with Gasteiger partial charge in [0.2, 0.25) is 11.2 Å². The second-order valence-corrected chi connectivity index (χ2v) is 8.48. The molecule has 3 heterocycles. The molecule has 168 valence electrons. The maximum absolute atomic E-state index is 12.8. The molecule has 0 atom stereocenters. The first-order chi connectivity index (χ1) is 15.8. The number of esters is 1. The number of thioether (sulfide) groups is 1. The molecular weight excluding hydrogens is 466 g/mol. The van der Waals surface area contributed by atoms with Crippen LogP contribution in [-0.4, -0.2) is 21.1 Å². The fourth-order valence-corrected chi connectivity index (χ4v) is 4.15. The summed E-state index contributed by atoms with van der Waals surface area (Å²) in [5, 5.41) is 4.92. The summed E-state index contributed by atoms with van der Waals surface area (Å²) in [6.45, 7) is 5.34. The molecule has 4 aromatic rings. The Morgan fingerprint density at radius 3 is 2.55 bits per heavy atom. The third kappa shape index (κ3) is 5.15. The second-order valence-electron chi connectivity index (χ2n) is 7.13. The van der Waals surface area contributed by atoms with Crippen molar-refractivity contribution in [2.75, 3.05) is 0 Å². The van der Waals surface area contributed by atoms with Gasteiger partial charge in [-0.1, -0.05) is 46.7 Å². The number of carbonyl (C=O) groups excluding carboxylic acids is 1.